The predicted molar refractivity (Wildman–Crippen MR) is 88.9 cm³/mol. The molecule has 0 aliphatic rings. The van der Waals surface area contributed by atoms with E-state index in [0.29, 0.717) is 6.54 Å². The molecule has 0 heterocycles. The van der Waals surface area contributed by atoms with Gasteiger partial charge in [0.2, 0.25) is 0 Å². The predicted octanol–water partition coefficient (Wildman–Crippen LogP) is 4.32. The SMILES string of the molecule is COc1ccc(OC)c(CNC(C)c2ccccc2Br)c1. The van der Waals surface area contributed by atoms with Gasteiger partial charge in [-0.15, -0.1) is 0 Å². The zero-order valence-corrected chi connectivity index (χ0v) is 14.1. The largest absolute Gasteiger partial charge is 0.497 e. The molecule has 0 aromatic heterocycles. The average molecular weight is 350 g/mol. The van der Waals surface area contributed by atoms with E-state index in [9.17, 15) is 0 Å². The molecule has 0 amide bonds. The summed E-state index contributed by atoms with van der Waals surface area (Å²) in [6.07, 6.45) is 0. The first-order valence-corrected chi connectivity index (χ1v) is 7.63. The average Bonchev–Trinajstić information content (AvgIpc) is 2.52. The standard InChI is InChI=1S/C17H20BrNO2/c1-12(15-6-4-5-7-16(15)18)19-11-13-10-14(20-2)8-9-17(13)21-3/h4-10,12,19H,11H2,1-3H3. The Kier molecular flexibility index (Phi) is 5.65. The van der Waals surface area contributed by atoms with Gasteiger partial charge >= 0.3 is 0 Å². The molecule has 2 aromatic carbocycles. The molecule has 2 rings (SSSR count). The van der Waals surface area contributed by atoms with Crippen LogP contribution in [0.4, 0.5) is 0 Å². The normalized spacial score (nSPS) is 12.0. The van der Waals surface area contributed by atoms with Crippen molar-refractivity contribution >= 4 is 15.9 Å². The Labute approximate surface area is 134 Å². The second kappa shape index (κ2) is 7.48. The third-order valence-corrected chi connectivity index (χ3v) is 4.18. The Bertz CT molecular complexity index is 601. The fraction of sp³-hybridized carbons (Fsp3) is 0.294. The van der Waals surface area contributed by atoms with Crippen LogP contribution >= 0.6 is 15.9 Å². The van der Waals surface area contributed by atoms with E-state index in [1.54, 1.807) is 14.2 Å². The summed E-state index contributed by atoms with van der Waals surface area (Å²) < 4.78 is 11.8. The summed E-state index contributed by atoms with van der Waals surface area (Å²) in [6.45, 7) is 2.86. The van der Waals surface area contributed by atoms with E-state index in [1.807, 2.05) is 30.3 Å². The number of nitrogens with one attached hydrogen (secondary N) is 1. The van der Waals surface area contributed by atoms with E-state index < -0.39 is 0 Å². The van der Waals surface area contributed by atoms with E-state index >= 15 is 0 Å². The van der Waals surface area contributed by atoms with Gasteiger partial charge < -0.3 is 14.8 Å². The van der Waals surface area contributed by atoms with Gasteiger partial charge in [0.1, 0.15) is 11.5 Å². The first kappa shape index (κ1) is 15.9. The van der Waals surface area contributed by atoms with Crippen LogP contribution in [0.5, 0.6) is 11.5 Å². The van der Waals surface area contributed by atoms with E-state index in [2.05, 4.69) is 40.3 Å². The van der Waals surface area contributed by atoms with Crippen molar-refractivity contribution in [2.45, 2.75) is 19.5 Å². The molecule has 0 spiro atoms. The maximum Gasteiger partial charge on any atom is 0.123 e. The minimum atomic E-state index is 0.233. The fourth-order valence-corrected chi connectivity index (χ4v) is 2.85. The van der Waals surface area contributed by atoms with Crippen molar-refractivity contribution in [3.8, 4) is 11.5 Å². The summed E-state index contributed by atoms with van der Waals surface area (Å²) in [7, 11) is 3.35. The first-order valence-electron chi connectivity index (χ1n) is 6.84. The van der Waals surface area contributed by atoms with Crippen LogP contribution in [0.25, 0.3) is 0 Å². The summed E-state index contributed by atoms with van der Waals surface area (Å²) in [5, 5.41) is 3.52. The summed E-state index contributed by atoms with van der Waals surface area (Å²) in [5.41, 5.74) is 2.31. The Hall–Kier alpha value is -1.52. The quantitative estimate of drug-likeness (QED) is 0.842. The molecule has 21 heavy (non-hydrogen) atoms. The van der Waals surface area contributed by atoms with Gasteiger partial charge in [0.25, 0.3) is 0 Å². The molecule has 0 saturated heterocycles. The molecule has 0 aliphatic carbocycles. The first-order chi connectivity index (χ1) is 10.2. The molecule has 2 aromatic rings. The molecule has 0 bridgehead atoms. The highest BCUT2D eigenvalue weighted by Crippen LogP contribution is 2.26. The van der Waals surface area contributed by atoms with Gasteiger partial charge in [0, 0.05) is 22.6 Å². The molecule has 4 heteroatoms. The maximum absolute atomic E-state index is 5.40. The number of rotatable bonds is 6. The Morgan fingerprint density at radius 1 is 1.10 bits per heavy atom. The zero-order valence-electron chi connectivity index (χ0n) is 12.5. The van der Waals surface area contributed by atoms with E-state index in [0.717, 1.165) is 21.5 Å². The molecule has 1 unspecified atom stereocenters. The van der Waals surface area contributed by atoms with Gasteiger partial charge in [0.15, 0.2) is 0 Å². The van der Waals surface area contributed by atoms with Crippen molar-refractivity contribution in [1.29, 1.82) is 0 Å². The Morgan fingerprint density at radius 3 is 2.52 bits per heavy atom. The van der Waals surface area contributed by atoms with E-state index in [-0.39, 0.29) is 6.04 Å². The number of hydrogen-bond donors (Lipinski definition) is 1. The molecule has 1 N–H and O–H groups in total. The number of methoxy groups -OCH3 is 2. The van der Waals surface area contributed by atoms with Gasteiger partial charge in [-0.2, -0.15) is 0 Å². The zero-order chi connectivity index (χ0) is 15.2. The van der Waals surface area contributed by atoms with Crippen LogP contribution in [-0.2, 0) is 6.54 Å². The highest BCUT2D eigenvalue weighted by atomic mass is 79.9. The minimum absolute atomic E-state index is 0.233. The molecule has 0 saturated carbocycles. The smallest absolute Gasteiger partial charge is 0.123 e. The van der Waals surface area contributed by atoms with Crippen molar-refractivity contribution in [3.63, 3.8) is 0 Å². The second-order valence-electron chi connectivity index (χ2n) is 4.80. The number of halogens is 1. The third-order valence-electron chi connectivity index (χ3n) is 3.46. The molecule has 0 aliphatic heterocycles. The van der Waals surface area contributed by atoms with Crippen molar-refractivity contribution < 1.29 is 9.47 Å². The molecule has 0 fully saturated rings. The molecule has 1 atom stereocenters. The second-order valence-corrected chi connectivity index (χ2v) is 5.66. The highest BCUT2D eigenvalue weighted by Gasteiger charge is 2.10. The lowest BCUT2D eigenvalue weighted by molar-refractivity contribution is 0.395. The molecule has 3 nitrogen and oxygen atoms in total. The number of benzene rings is 2. The summed E-state index contributed by atoms with van der Waals surface area (Å²) in [5.74, 6) is 1.70. The van der Waals surface area contributed by atoms with Crippen LogP contribution in [0, 0.1) is 0 Å². The lowest BCUT2D eigenvalue weighted by atomic mass is 10.1. The highest BCUT2D eigenvalue weighted by molar-refractivity contribution is 9.10. The lowest BCUT2D eigenvalue weighted by Crippen LogP contribution is -2.19. The van der Waals surface area contributed by atoms with Crippen LogP contribution in [0.3, 0.4) is 0 Å². The van der Waals surface area contributed by atoms with Crippen molar-refractivity contribution in [2.24, 2.45) is 0 Å². The van der Waals surface area contributed by atoms with Crippen LogP contribution in [0.15, 0.2) is 46.9 Å². The monoisotopic (exact) mass is 349 g/mol. The van der Waals surface area contributed by atoms with Crippen LogP contribution < -0.4 is 14.8 Å². The maximum atomic E-state index is 5.40. The molecular formula is C17H20BrNO2. The van der Waals surface area contributed by atoms with E-state index in [1.165, 1.54) is 5.56 Å². The van der Waals surface area contributed by atoms with Gasteiger partial charge in [-0.3, -0.25) is 0 Å². The van der Waals surface area contributed by atoms with Crippen molar-refractivity contribution in [3.05, 3.63) is 58.1 Å². The van der Waals surface area contributed by atoms with Gasteiger partial charge in [0.05, 0.1) is 14.2 Å². The van der Waals surface area contributed by atoms with E-state index in [4.69, 9.17) is 9.47 Å². The van der Waals surface area contributed by atoms with Crippen LogP contribution in [-0.4, -0.2) is 14.2 Å². The number of hydrogen-bond acceptors (Lipinski definition) is 3. The minimum Gasteiger partial charge on any atom is -0.497 e. The fourth-order valence-electron chi connectivity index (χ4n) is 2.22. The molecule has 112 valence electrons. The Balaban J connectivity index is 2.10. The third kappa shape index (κ3) is 3.99. The molecule has 0 radical (unpaired) electrons. The topological polar surface area (TPSA) is 30.5 Å². The summed E-state index contributed by atoms with van der Waals surface area (Å²) >= 11 is 3.59. The lowest BCUT2D eigenvalue weighted by Gasteiger charge is -2.17. The van der Waals surface area contributed by atoms with Gasteiger partial charge in [-0.1, -0.05) is 34.1 Å². The van der Waals surface area contributed by atoms with Gasteiger partial charge in [-0.25, -0.2) is 0 Å². The summed E-state index contributed by atoms with van der Waals surface area (Å²) in [6, 6.07) is 14.3. The van der Waals surface area contributed by atoms with Crippen LogP contribution in [0.2, 0.25) is 0 Å². The molecular weight excluding hydrogens is 330 g/mol. The summed E-state index contributed by atoms with van der Waals surface area (Å²) in [4.78, 5) is 0. The van der Waals surface area contributed by atoms with Crippen LogP contribution in [0.1, 0.15) is 24.1 Å². The number of ether oxygens (including phenoxy) is 2. The van der Waals surface area contributed by atoms with Crippen molar-refractivity contribution in [2.75, 3.05) is 14.2 Å². The Morgan fingerprint density at radius 2 is 1.86 bits per heavy atom. The van der Waals surface area contributed by atoms with Gasteiger partial charge in [-0.05, 0) is 36.8 Å². The van der Waals surface area contributed by atoms with Crippen molar-refractivity contribution in [1.82, 2.24) is 5.32 Å².